The summed E-state index contributed by atoms with van der Waals surface area (Å²) in [6.45, 7) is 9.96. The van der Waals surface area contributed by atoms with Gasteiger partial charge in [0.2, 0.25) is 11.7 Å². The Morgan fingerprint density at radius 2 is 1.98 bits per heavy atom. The van der Waals surface area contributed by atoms with Crippen LogP contribution in [0.15, 0.2) is 34.6 Å². The van der Waals surface area contributed by atoms with Crippen LogP contribution < -0.4 is 10.9 Å². The minimum Gasteiger partial charge on any atom is -0.444 e. The third-order valence-corrected chi connectivity index (χ3v) is 8.32. The third kappa shape index (κ3) is 7.75. The zero-order valence-electron chi connectivity index (χ0n) is 27.4. The highest BCUT2D eigenvalue weighted by Crippen LogP contribution is 2.34. The summed E-state index contributed by atoms with van der Waals surface area (Å²) in [7, 11) is 0. The predicted molar refractivity (Wildman–Crippen MR) is 175 cm³/mol. The molecule has 1 aromatic carbocycles. The topological polar surface area (TPSA) is 120 Å². The molecule has 11 nitrogen and oxygen atoms in total. The van der Waals surface area contributed by atoms with Crippen LogP contribution in [0.2, 0.25) is 5.02 Å². The molecule has 1 atom stereocenters. The van der Waals surface area contributed by atoms with Crippen LogP contribution in [0.3, 0.4) is 0 Å². The molecule has 1 saturated heterocycles. The molecule has 1 fully saturated rings. The van der Waals surface area contributed by atoms with Crippen LogP contribution in [0.1, 0.15) is 76.5 Å². The van der Waals surface area contributed by atoms with Crippen molar-refractivity contribution in [3.63, 3.8) is 0 Å². The average Bonchev–Trinajstić information content (AvgIpc) is 3.49. The van der Waals surface area contributed by atoms with Crippen molar-refractivity contribution in [3.8, 4) is 0 Å². The minimum absolute atomic E-state index is 0.0000617. The first-order valence-electron chi connectivity index (χ1n) is 15.7. The number of alkyl halides is 3. The molecule has 1 N–H and O–H groups in total. The Labute approximate surface area is 280 Å². The summed E-state index contributed by atoms with van der Waals surface area (Å²) in [5, 5.41) is 6.87. The van der Waals surface area contributed by atoms with Crippen LogP contribution in [0.25, 0.3) is 17.4 Å². The fourth-order valence-corrected chi connectivity index (χ4v) is 6.02. The van der Waals surface area contributed by atoms with Gasteiger partial charge in [-0.1, -0.05) is 24.6 Å². The molecule has 0 saturated carbocycles. The number of benzene rings is 1. The van der Waals surface area contributed by atoms with E-state index in [0.29, 0.717) is 44.0 Å². The number of aromatic nitrogens is 4. The Kier molecular flexibility index (Phi) is 10.1. The van der Waals surface area contributed by atoms with Crippen LogP contribution in [0.4, 0.5) is 23.7 Å². The average molecular weight is 691 g/mol. The number of hydrogen-bond acceptors (Lipinski definition) is 7. The second-order valence-electron chi connectivity index (χ2n) is 12.9. The van der Waals surface area contributed by atoms with Crippen molar-refractivity contribution < 1.29 is 32.2 Å². The predicted octanol–water partition coefficient (Wildman–Crippen LogP) is 6.37. The van der Waals surface area contributed by atoms with Crippen LogP contribution in [-0.2, 0) is 33.4 Å². The number of anilines is 1. The van der Waals surface area contributed by atoms with E-state index >= 15 is 0 Å². The fourth-order valence-electron chi connectivity index (χ4n) is 5.79. The smallest absolute Gasteiger partial charge is 0.416 e. The lowest BCUT2D eigenvalue weighted by atomic mass is 10.1. The number of rotatable bonds is 6. The number of nitrogens with zero attached hydrogens (tertiary/aromatic N) is 5. The van der Waals surface area contributed by atoms with Crippen molar-refractivity contribution in [1.29, 1.82) is 0 Å². The SMILES string of the molecule is CCc1c(/C=C2\C[C@@H](C)N(C(=O)OC(C)(C)C)C2)c(=O)n2nc(C3=CCOCCC3)nc2n1CC(=O)Nc1ccc(C(F)(F)F)cc1Cl. The molecular weight excluding hydrogens is 653 g/mol. The molecule has 0 unspecified atom stereocenters. The number of halogens is 4. The van der Waals surface area contributed by atoms with Gasteiger partial charge >= 0.3 is 12.3 Å². The van der Waals surface area contributed by atoms with E-state index in [4.69, 9.17) is 21.1 Å². The molecule has 5 rings (SSSR count). The van der Waals surface area contributed by atoms with Crippen LogP contribution >= 0.6 is 11.6 Å². The largest absolute Gasteiger partial charge is 0.444 e. The highest BCUT2D eigenvalue weighted by molar-refractivity contribution is 6.33. The summed E-state index contributed by atoms with van der Waals surface area (Å²) >= 11 is 6.11. The molecule has 15 heteroatoms. The van der Waals surface area contributed by atoms with Crippen molar-refractivity contribution in [2.24, 2.45) is 0 Å². The zero-order valence-corrected chi connectivity index (χ0v) is 28.2. The van der Waals surface area contributed by atoms with Crippen LogP contribution in [0, 0.1) is 0 Å². The fraction of sp³-hybridized carbons (Fsp3) is 0.485. The molecule has 2 amide bonds. The lowest BCUT2D eigenvalue weighted by Crippen LogP contribution is -2.38. The van der Waals surface area contributed by atoms with Crippen molar-refractivity contribution >= 4 is 46.7 Å². The molecule has 4 heterocycles. The molecule has 0 aliphatic carbocycles. The van der Waals surface area contributed by atoms with Gasteiger partial charge in [0.25, 0.3) is 5.56 Å². The number of likely N-dealkylation sites (tertiary alicyclic amines) is 1. The van der Waals surface area contributed by atoms with E-state index in [1.54, 1.807) is 36.3 Å². The molecule has 0 radical (unpaired) electrons. The number of carbonyl (C=O) groups is 2. The van der Waals surface area contributed by atoms with Gasteiger partial charge in [0.05, 0.1) is 28.4 Å². The number of allylic oxidation sites excluding steroid dienone is 1. The van der Waals surface area contributed by atoms with E-state index in [1.807, 2.05) is 19.9 Å². The van der Waals surface area contributed by atoms with Gasteiger partial charge in [-0.05, 0) is 88.8 Å². The molecule has 2 aliphatic rings. The summed E-state index contributed by atoms with van der Waals surface area (Å²) in [4.78, 5) is 46.7. The number of nitrogens with one attached hydrogen (secondary N) is 1. The number of ether oxygens (including phenoxy) is 2. The summed E-state index contributed by atoms with van der Waals surface area (Å²) in [6, 6.07) is 2.49. The quantitative estimate of drug-likeness (QED) is 0.319. The number of fused-ring (bicyclic) bond motifs is 1. The van der Waals surface area contributed by atoms with E-state index in [-0.39, 0.29) is 41.2 Å². The third-order valence-electron chi connectivity index (χ3n) is 8.01. The van der Waals surface area contributed by atoms with Crippen molar-refractivity contribution in [2.45, 2.75) is 84.7 Å². The Hall–Kier alpha value is -4.17. The molecule has 2 aromatic heterocycles. The Morgan fingerprint density at radius 1 is 1.23 bits per heavy atom. The summed E-state index contributed by atoms with van der Waals surface area (Å²) < 4.78 is 53.4. The maximum Gasteiger partial charge on any atom is 0.416 e. The van der Waals surface area contributed by atoms with Crippen molar-refractivity contribution in [1.82, 2.24) is 24.1 Å². The Bertz CT molecular complexity index is 1860. The first-order chi connectivity index (χ1) is 22.6. The van der Waals surface area contributed by atoms with Gasteiger partial charge in [-0.15, -0.1) is 5.10 Å². The Morgan fingerprint density at radius 3 is 2.65 bits per heavy atom. The van der Waals surface area contributed by atoms with Gasteiger partial charge in [-0.2, -0.15) is 22.7 Å². The van der Waals surface area contributed by atoms with Gasteiger partial charge in [0.15, 0.2) is 5.82 Å². The second kappa shape index (κ2) is 13.7. The highest BCUT2D eigenvalue weighted by Gasteiger charge is 2.33. The number of hydrogen-bond donors (Lipinski definition) is 1. The molecule has 3 aromatic rings. The lowest BCUT2D eigenvalue weighted by Gasteiger charge is -2.26. The highest BCUT2D eigenvalue weighted by atomic mass is 35.5. The first kappa shape index (κ1) is 35.1. The van der Waals surface area contributed by atoms with Crippen LogP contribution in [0.5, 0.6) is 0 Å². The summed E-state index contributed by atoms with van der Waals surface area (Å²) in [5.41, 5.74) is 0.340. The van der Waals surface area contributed by atoms with Crippen molar-refractivity contribution in [3.05, 3.63) is 67.9 Å². The lowest BCUT2D eigenvalue weighted by molar-refractivity contribution is -0.137. The van der Waals surface area contributed by atoms with Gasteiger partial charge in [-0.25, -0.2) is 4.79 Å². The van der Waals surface area contributed by atoms with E-state index in [2.05, 4.69) is 15.4 Å². The molecule has 2 aliphatic heterocycles. The zero-order chi connectivity index (χ0) is 35.0. The van der Waals surface area contributed by atoms with Gasteiger partial charge in [0, 0.05) is 24.9 Å². The number of amides is 2. The van der Waals surface area contributed by atoms with E-state index in [1.165, 1.54) is 0 Å². The van der Waals surface area contributed by atoms with E-state index < -0.39 is 34.9 Å². The first-order valence-corrected chi connectivity index (χ1v) is 16.1. The molecule has 0 bridgehead atoms. The monoisotopic (exact) mass is 690 g/mol. The van der Waals surface area contributed by atoms with Crippen molar-refractivity contribution in [2.75, 3.05) is 25.1 Å². The standard InChI is InChI=1S/C33H38ClF3N6O5/c1-6-26-23(15-20-14-19(2)41(17-20)31(46)48-32(3,4)5)29(45)43-30(39-28(40-43)21-8-7-12-47-13-11-21)42(26)18-27(44)38-25-10-9-22(16-24(25)34)33(35,36)37/h9-11,15-16,19H,6-8,12-14,17-18H2,1-5H3,(H,38,44)/b20-15+/t19-/m1/s1. The van der Waals surface area contributed by atoms with Gasteiger partial charge < -0.3 is 24.3 Å². The maximum atomic E-state index is 14.1. The number of carbonyl (C=O) groups excluding carboxylic acids is 2. The maximum absolute atomic E-state index is 14.1. The summed E-state index contributed by atoms with van der Waals surface area (Å²) in [5.74, 6) is -0.147. The molecule has 0 spiro atoms. The molecule has 258 valence electrons. The van der Waals surface area contributed by atoms with Gasteiger partial charge in [-0.3, -0.25) is 9.59 Å². The second-order valence-corrected chi connectivity index (χ2v) is 13.3. The molecule has 48 heavy (non-hydrogen) atoms. The van der Waals surface area contributed by atoms with E-state index in [9.17, 15) is 27.6 Å². The van der Waals surface area contributed by atoms with Crippen LogP contribution in [-0.4, -0.2) is 67.5 Å². The van der Waals surface area contributed by atoms with E-state index in [0.717, 1.165) is 40.3 Å². The summed E-state index contributed by atoms with van der Waals surface area (Å²) in [6.07, 6.45) is 0.751. The Balaban J connectivity index is 1.57. The van der Waals surface area contributed by atoms with Gasteiger partial charge in [0.1, 0.15) is 12.1 Å². The molecular formula is C33H38ClF3N6O5. The normalized spacial score (nSPS) is 18.3. The minimum atomic E-state index is -4.60.